The maximum Gasteiger partial charge on any atom is 0.132 e. The van der Waals surface area contributed by atoms with Gasteiger partial charge in [0.2, 0.25) is 0 Å². The highest BCUT2D eigenvalue weighted by atomic mass is 32.2. The maximum atomic E-state index is 10.9. The number of carbonyl (C=O) groups excluding carboxylic acids is 2. The van der Waals surface area contributed by atoms with E-state index in [1.165, 1.54) is 0 Å². The molecule has 0 aromatic heterocycles. The van der Waals surface area contributed by atoms with Crippen LogP contribution in [0.4, 0.5) is 0 Å². The van der Waals surface area contributed by atoms with Gasteiger partial charge in [-0.05, 0) is 18.6 Å². The largest absolute Gasteiger partial charge is 0.330 e. The SMILES string of the molecule is CCCSC(CC=O)CC(C=O)SCCN. The van der Waals surface area contributed by atoms with Crippen LogP contribution in [0, 0.1) is 0 Å². The van der Waals surface area contributed by atoms with Crippen molar-refractivity contribution >= 4 is 36.1 Å². The lowest BCUT2D eigenvalue weighted by molar-refractivity contribution is -0.109. The summed E-state index contributed by atoms with van der Waals surface area (Å²) in [5.74, 6) is 1.85. The summed E-state index contributed by atoms with van der Waals surface area (Å²) in [5.41, 5.74) is 5.40. The van der Waals surface area contributed by atoms with Crippen LogP contribution < -0.4 is 5.73 Å². The summed E-state index contributed by atoms with van der Waals surface area (Å²) in [6, 6.07) is 0. The van der Waals surface area contributed by atoms with E-state index in [0.717, 1.165) is 36.9 Å². The topological polar surface area (TPSA) is 60.2 Å². The molecule has 5 heteroatoms. The summed E-state index contributed by atoms with van der Waals surface area (Å²) in [5, 5.41) is 0.260. The predicted octanol–water partition coefficient (Wildman–Crippen LogP) is 1.74. The third-order valence-electron chi connectivity index (χ3n) is 2.01. The predicted molar refractivity (Wildman–Crippen MR) is 73.2 cm³/mol. The molecule has 2 N–H and O–H groups in total. The molecule has 0 saturated heterocycles. The fourth-order valence-corrected chi connectivity index (χ4v) is 3.40. The van der Waals surface area contributed by atoms with E-state index in [0.29, 0.717) is 13.0 Å². The number of nitrogens with two attached hydrogens (primary N) is 1. The first-order chi connectivity index (χ1) is 7.78. The summed E-state index contributed by atoms with van der Waals surface area (Å²) < 4.78 is 0. The molecule has 0 spiro atoms. The van der Waals surface area contributed by atoms with E-state index in [9.17, 15) is 9.59 Å². The molecule has 0 heterocycles. The van der Waals surface area contributed by atoms with Crippen LogP contribution in [0.5, 0.6) is 0 Å². The Bertz CT molecular complexity index is 191. The first-order valence-electron chi connectivity index (χ1n) is 5.60. The zero-order chi connectivity index (χ0) is 12.2. The van der Waals surface area contributed by atoms with Crippen LogP contribution in [-0.2, 0) is 9.59 Å². The Morgan fingerprint density at radius 2 is 2.00 bits per heavy atom. The summed E-state index contributed by atoms with van der Waals surface area (Å²) in [7, 11) is 0. The van der Waals surface area contributed by atoms with Crippen LogP contribution >= 0.6 is 23.5 Å². The van der Waals surface area contributed by atoms with Gasteiger partial charge in [0.25, 0.3) is 0 Å². The first kappa shape index (κ1) is 16.0. The van der Waals surface area contributed by atoms with Crippen molar-refractivity contribution in [1.82, 2.24) is 0 Å². The van der Waals surface area contributed by atoms with Crippen molar-refractivity contribution in [2.24, 2.45) is 5.73 Å². The Labute approximate surface area is 106 Å². The van der Waals surface area contributed by atoms with Gasteiger partial charge in [0.15, 0.2) is 0 Å². The minimum atomic E-state index is -0.0159. The highest BCUT2D eigenvalue weighted by molar-refractivity contribution is 8.01. The molecule has 0 saturated carbocycles. The molecule has 0 aliphatic heterocycles. The Morgan fingerprint density at radius 1 is 1.25 bits per heavy atom. The zero-order valence-corrected chi connectivity index (χ0v) is 11.4. The lowest BCUT2D eigenvalue weighted by atomic mass is 10.2. The minimum absolute atomic E-state index is 0.0159. The highest BCUT2D eigenvalue weighted by Gasteiger charge is 2.16. The van der Waals surface area contributed by atoms with Crippen molar-refractivity contribution in [3.05, 3.63) is 0 Å². The molecule has 0 bridgehead atoms. The van der Waals surface area contributed by atoms with Gasteiger partial charge >= 0.3 is 0 Å². The number of rotatable bonds is 11. The molecule has 0 amide bonds. The van der Waals surface area contributed by atoms with Gasteiger partial charge in [0.1, 0.15) is 12.6 Å². The van der Waals surface area contributed by atoms with Crippen LogP contribution in [0.25, 0.3) is 0 Å². The molecule has 2 unspecified atom stereocenters. The van der Waals surface area contributed by atoms with Gasteiger partial charge in [-0.25, -0.2) is 0 Å². The van der Waals surface area contributed by atoms with E-state index in [2.05, 4.69) is 6.92 Å². The van der Waals surface area contributed by atoms with E-state index >= 15 is 0 Å². The van der Waals surface area contributed by atoms with Gasteiger partial charge in [-0.15, -0.1) is 11.8 Å². The number of thioether (sulfide) groups is 2. The Balaban J connectivity index is 3.99. The van der Waals surface area contributed by atoms with Gasteiger partial charge in [-0.1, -0.05) is 6.92 Å². The fraction of sp³-hybridized carbons (Fsp3) is 0.818. The van der Waals surface area contributed by atoms with Crippen molar-refractivity contribution < 1.29 is 9.59 Å². The van der Waals surface area contributed by atoms with Crippen molar-refractivity contribution in [2.75, 3.05) is 18.1 Å². The van der Waals surface area contributed by atoms with Gasteiger partial charge in [-0.2, -0.15) is 11.8 Å². The summed E-state index contributed by atoms with van der Waals surface area (Å²) >= 11 is 3.38. The van der Waals surface area contributed by atoms with Crippen LogP contribution in [0.15, 0.2) is 0 Å². The Hall–Kier alpha value is -0.0000000000000000763. The molecule has 0 aliphatic rings. The Kier molecular flexibility index (Phi) is 11.5. The molecule has 0 fully saturated rings. The fourth-order valence-electron chi connectivity index (χ4n) is 1.27. The molecular weight excluding hydrogens is 242 g/mol. The number of hydrogen-bond acceptors (Lipinski definition) is 5. The molecule has 0 aromatic rings. The molecule has 2 atom stereocenters. The maximum absolute atomic E-state index is 10.9. The number of hydrogen-bond donors (Lipinski definition) is 1. The summed E-state index contributed by atoms with van der Waals surface area (Å²) in [4.78, 5) is 21.4. The summed E-state index contributed by atoms with van der Waals surface area (Å²) in [6.07, 6.45) is 4.34. The van der Waals surface area contributed by atoms with E-state index in [4.69, 9.17) is 5.73 Å². The van der Waals surface area contributed by atoms with E-state index in [-0.39, 0.29) is 10.5 Å². The van der Waals surface area contributed by atoms with Crippen molar-refractivity contribution in [3.8, 4) is 0 Å². The lowest BCUT2D eigenvalue weighted by Gasteiger charge is -2.17. The van der Waals surface area contributed by atoms with Crippen molar-refractivity contribution in [2.45, 2.75) is 36.7 Å². The second kappa shape index (κ2) is 11.5. The molecule has 0 aromatic carbocycles. The monoisotopic (exact) mass is 263 g/mol. The van der Waals surface area contributed by atoms with Crippen LogP contribution in [0.3, 0.4) is 0 Å². The third kappa shape index (κ3) is 8.19. The second-order valence-electron chi connectivity index (χ2n) is 3.46. The van der Waals surface area contributed by atoms with Crippen LogP contribution in [0.1, 0.15) is 26.2 Å². The quantitative estimate of drug-likeness (QED) is 0.575. The zero-order valence-electron chi connectivity index (χ0n) is 9.76. The van der Waals surface area contributed by atoms with Crippen molar-refractivity contribution in [1.29, 1.82) is 0 Å². The normalized spacial score (nSPS) is 14.4. The van der Waals surface area contributed by atoms with Gasteiger partial charge < -0.3 is 15.3 Å². The molecule has 3 nitrogen and oxygen atoms in total. The highest BCUT2D eigenvalue weighted by Crippen LogP contribution is 2.24. The van der Waals surface area contributed by atoms with Gasteiger partial charge in [0.05, 0.1) is 5.25 Å². The average Bonchev–Trinajstić information content (AvgIpc) is 2.31. The van der Waals surface area contributed by atoms with E-state index in [1.807, 2.05) is 0 Å². The van der Waals surface area contributed by atoms with E-state index < -0.39 is 0 Å². The molecule has 0 radical (unpaired) electrons. The van der Waals surface area contributed by atoms with Gasteiger partial charge in [0, 0.05) is 24.0 Å². The molecule has 16 heavy (non-hydrogen) atoms. The third-order valence-corrected chi connectivity index (χ3v) is 4.72. The molecule has 0 aliphatic carbocycles. The molecule has 94 valence electrons. The average molecular weight is 263 g/mol. The van der Waals surface area contributed by atoms with E-state index in [1.54, 1.807) is 23.5 Å². The minimum Gasteiger partial charge on any atom is -0.330 e. The second-order valence-corrected chi connectivity index (χ2v) is 6.22. The summed E-state index contributed by atoms with van der Waals surface area (Å²) in [6.45, 7) is 2.71. The van der Waals surface area contributed by atoms with Crippen LogP contribution in [0.2, 0.25) is 0 Å². The van der Waals surface area contributed by atoms with Gasteiger partial charge in [-0.3, -0.25) is 0 Å². The lowest BCUT2D eigenvalue weighted by Crippen LogP contribution is -2.17. The first-order valence-corrected chi connectivity index (χ1v) is 7.70. The molecular formula is C11H21NO2S2. The molecule has 0 rings (SSSR count). The van der Waals surface area contributed by atoms with Crippen LogP contribution in [-0.4, -0.2) is 41.1 Å². The number of aldehydes is 2. The smallest absolute Gasteiger partial charge is 0.132 e. The standard InChI is InChI=1S/C11H21NO2S2/c1-2-6-15-10(3-5-13)8-11(9-14)16-7-4-12/h5,9-11H,2-4,6-8,12H2,1H3. The van der Waals surface area contributed by atoms with Crippen molar-refractivity contribution in [3.63, 3.8) is 0 Å². The Morgan fingerprint density at radius 3 is 2.50 bits per heavy atom. The number of carbonyl (C=O) groups is 2.